The Morgan fingerprint density at radius 3 is 1.37 bits per heavy atom. The Balaban J connectivity index is 3.63. The molecule has 0 aliphatic heterocycles. The van der Waals surface area contributed by atoms with Crippen LogP contribution in [-0.4, -0.2) is 50.5 Å². The summed E-state index contributed by atoms with van der Waals surface area (Å²) in [5, 5.41) is 1.60. The van der Waals surface area contributed by atoms with Gasteiger partial charge in [-0.05, 0) is 0 Å². The molecule has 30 heavy (non-hydrogen) atoms. The first-order valence-corrected chi connectivity index (χ1v) is 12.8. The summed E-state index contributed by atoms with van der Waals surface area (Å²) in [5.41, 5.74) is -4.00. The van der Waals surface area contributed by atoms with Gasteiger partial charge in [0.25, 0.3) is 10.1 Å². The van der Waals surface area contributed by atoms with E-state index in [0.29, 0.717) is 25.4 Å². The molecule has 1 aromatic heterocycles. The Kier molecular flexibility index (Phi) is 8.07. The average Bonchev–Trinajstić information content (AvgIpc) is 2.67. The van der Waals surface area contributed by atoms with Gasteiger partial charge in [0, 0.05) is 23.9 Å². The van der Waals surface area contributed by atoms with Gasteiger partial charge in [-0.2, -0.15) is 8.42 Å². The molecule has 1 rings (SSSR count). The fourth-order valence-corrected chi connectivity index (χ4v) is 3.51. The SMILES string of the molecule is C=CS(=O)(=O)CCn1c(=O)n(CCS(=O)(=O)C=C)c(=O)n(COS(=O)(=O)C=C)c1=O. The molecule has 16 heteroatoms. The van der Waals surface area contributed by atoms with Crippen LogP contribution >= 0.6 is 0 Å². The maximum Gasteiger partial charge on any atom is 0.338 e. The van der Waals surface area contributed by atoms with Gasteiger partial charge in [0.2, 0.25) is 0 Å². The summed E-state index contributed by atoms with van der Waals surface area (Å²) in [4.78, 5) is 37.5. The van der Waals surface area contributed by atoms with Gasteiger partial charge in [-0.25, -0.2) is 49.1 Å². The molecule has 0 aliphatic rings. The van der Waals surface area contributed by atoms with Crippen molar-refractivity contribution in [2.75, 3.05) is 11.5 Å². The van der Waals surface area contributed by atoms with Gasteiger partial charge in [0.05, 0.1) is 16.9 Å². The molecule has 0 fully saturated rings. The van der Waals surface area contributed by atoms with Crippen LogP contribution in [0.3, 0.4) is 0 Å². The Morgan fingerprint density at radius 2 is 1.03 bits per heavy atom. The highest BCUT2D eigenvalue weighted by Crippen LogP contribution is 1.96. The molecule has 0 saturated carbocycles. The number of aromatic nitrogens is 3. The normalized spacial score (nSPS) is 12.4. The van der Waals surface area contributed by atoms with Gasteiger partial charge < -0.3 is 0 Å². The molecule has 0 saturated heterocycles. The third-order valence-electron chi connectivity index (χ3n) is 3.64. The molecule has 0 aromatic carbocycles. The predicted molar refractivity (Wildman–Crippen MR) is 107 cm³/mol. The molecule has 1 heterocycles. The molecular formula is C14H19N3O10S3. The van der Waals surface area contributed by atoms with Crippen LogP contribution in [0.5, 0.6) is 0 Å². The lowest BCUT2D eigenvalue weighted by atomic mass is 10.6. The summed E-state index contributed by atoms with van der Waals surface area (Å²) in [5.74, 6) is -1.47. The van der Waals surface area contributed by atoms with Crippen molar-refractivity contribution in [2.45, 2.75) is 19.8 Å². The predicted octanol–water partition coefficient (Wildman–Crippen LogP) is -2.26. The van der Waals surface area contributed by atoms with Crippen LogP contribution in [0.15, 0.2) is 50.3 Å². The summed E-state index contributed by atoms with van der Waals surface area (Å²) in [6.07, 6.45) is 0. The van der Waals surface area contributed by atoms with Crippen LogP contribution < -0.4 is 17.1 Å². The number of sulfone groups is 2. The van der Waals surface area contributed by atoms with Crippen molar-refractivity contribution in [3.05, 3.63) is 67.4 Å². The van der Waals surface area contributed by atoms with E-state index in [1.54, 1.807) is 0 Å². The average molecular weight is 486 g/mol. The first kappa shape index (κ1) is 25.5. The standard InChI is InChI=1S/C14H19N3O10S3/c1-4-28(21,22)9-7-15-12(18)16(8-10-29(23,24)5-2)14(20)17(13(15)19)11-27-30(25,26)6-3/h4-6H,1-3,7-11H2. The van der Waals surface area contributed by atoms with Gasteiger partial charge in [-0.1, -0.05) is 19.7 Å². The third-order valence-corrected chi connectivity index (χ3v) is 7.00. The van der Waals surface area contributed by atoms with Crippen LogP contribution in [0.1, 0.15) is 0 Å². The molecule has 0 radical (unpaired) electrons. The van der Waals surface area contributed by atoms with Crippen molar-refractivity contribution in [3.8, 4) is 0 Å². The van der Waals surface area contributed by atoms with E-state index < -0.39 is 78.2 Å². The molecule has 0 bridgehead atoms. The Labute approximate surface area is 171 Å². The van der Waals surface area contributed by atoms with Crippen LogP contribution in [0.25, 0.3) is 0 Å². The van der Waals surface area contributed by atoms with E-state index in [-0.39, 0.29) is 4.57 Å². The van der Waals surface area contributed by atoms with E-state index in [1.807, 2.05) is 0 Å². The van der Waals surface area contributed by atoms with Crippen molar-refractivity contribution < 1.29 is 29.4 Å². The molecule has 0 unspecified atom stereocenters. The Bertz CT molecular complexity index is 1150. The van der Waals surface area contributed by atoms with Crippen LogP contribution in [-0.2, 0) is 53.8 Å². The second kappa shape index (κ2) is 9.50. The van der Waals surface area contributed by atoms with E-state index in [4.69, 9.17) is 0 Å². The topological polar surface area (TPSA) is 178 Å². The highest BCUT2D eigenvalue weighted by molar-refractivity contribution is 7.94. The van der Waals surface area contributed by atoms with E-state index in [2.05, 4.69) is 23.9 Å². The third kappa shape index (κ3) is 6.48. The lowest BCUT2D eigenvalue weighted by molar-refractivity contribution is 0.224. The van der Waals surface area contributed by atoms with Crippen molar-refractivity contribution in [1.29, 1.82) is 0 Å². The number of nitrogens with zero attached hydrogens (tertiary/aromatic N) is 3. The lowest BCUT2D eigenvalue weighted by Gasteiger charge is -2.13. The first-order valence-electron chi connectivity index (χ1n) is 7.87. The van der Waals surface area contributed by atoms with E-state index >= 15 is 0 Å². The molecule has 168 valence electrons. The molecule has 13 nitrogen and oxygen atoms in total. The van der Waals surface area contributed by atoms with E-state index in [0.717, 1.165) is 0 Å². The number of hydrogen-bond donors (Lipinski definition) is 0. The largest absolute Gasteiger partial charge is 0.338 e. The van der Waals surface area contributed by atoms with Gasteiger partial charge in [-0.15, -0.1) is 0 Å². The molecular weight excluding hydrogens is 466 g/mol. The van der Waals surface area contributed by atoms with E-state index in [1.165, 1.54) is 0 Å². The minimum atomic E-state index is -4.32. The molecule has 1 aromatic rings. The van der Waals surface area contributed by atoms with Gasteiger partial charge >= 0.3 is 17.1 Å². The first-order chi connectivity index (χ1) is 13.7. The van der Waals surface area contributed by atoms with Gasteiger partial charge in [0.15, 0.2) is 26.4 Å². The summed E-state index contributed by atoms with van der Waals surface area (Å²) in [6, 6.07) is 0. The number of hydrogen-bond acceptors (Lipinski definition) is 10. The molecule has 0 N–H and O–H groups in total. The second-order valence-electron chi connectivity index (χ2n) is 5.55. The fraction of sp³-hybridized carbons (Fsp3) is 0.357. The molecule has 0 atom stereocenters. The highest BCUT2D eigenvalue weighted by Gasteiger charge is 2.20. The van der Waals surface area contributed by atoms with Crippen molar-refractivity contribution in [1.82, 2.24) is 13.7 Å². The van der Waals surface area contributed by atoms with E-state index in [9.17, 15) is 39.6 Å². The minimum Gasteiger partial charge on any atom is -0.247 e. The second-order valence-corrected chi connectivity index (χ2v) is 11.2. The Morgan fingerprint density at radius 1 is 0.667 bits per heavy atom. The van der Waals surface area contributed by atoms with Gasteiger partial charge in [-0.3, -0.25) is 0 Å². The zero-order valence-corrected chi connectivity index (χ0v) is 18.0. The molecule has 0 amide bonds. The summed E-state index contributed by atoms with van der Waals surface area (Å²) < 4.78 is 74.6. The van der Waals surface area contributed by atoms with Crippen molar-refractivity contribution >= 4 is 29.8 Å². The monoisotopic (exact) mass is 485 g/mol. The zero-order valence-electron chi connectivity index (χ0n) is 15.5. The smallest absolute Gasteiger partial charge is 0.247 e. The maximum absolute atomic E-state index is 12.5. The van der Waals surface area contributed by atoms with Crippen LogP contribution in [0, 0.1) is 0 Å². The zero-order chi connectivity index (χ0) is 23.3. The lowest BCUT2D eigenvalue weighted by Crippen LogP contribution is -2.55. The Hall–Kier alpha value is -2.56. The number of rotatable bonds is 12. The maximum atomic E-state index is 12.5. The summed E-state index contributed by atoms with van der Waals surface area (Å²) in [6.45, 7) is 6.56. The summed E-state index contributed by atoms with van der Waals surface area (Å²) in [7, 11) is -12.0. The minimum absolute atomic E-state index is 0.198. The fourth-order valence-electron chi connectivity index (χ4n) is 1.95. The van der Waals surface area contributed by atoms with Crippen molar-refractivity contribution in [2.24, 2.45) is 0 Å². The van der Waals surface area contributed by atoms with Gasteiger partial charge in [0.1, 0.15) is 0 Å². The summed E-state index contributed by atoms with van der Waals surface area (Å²) >= 11 is 0. The molecule has 0 spiro atoms. The quantitative estimate of drug-likeness (QED) is 0.293. The molecule has 0 aliphatic carbocycles. The van der Waals surface area contributed by atoms with Crippen molar-refractivity contribution in [3.63, 3.8) is 0 Å². The highest BCUT2D eigenvalue weighted by atomic mass is 32.2. The van der Waals surface area contributed by atoms with Crippen LogP contribution in [0.4, 0.5) is 0 Å². The van der Waals surface area contributed by atoms with Crippen LogP contribution in [0.2, 0.25) is 0 Å².